The molecule has 0 fully saturated rings. The second-order valence-electron chi connectivity index (χ2n) is 6.67. The molecule has 0 saturated carbocycles. The number of rotatable bonds is 7. The van der Waals surface area contributed by atoms with E-state index in [0.717, 1.165) is 6.04 Å². The number of carbonyl (C=O) groups excluding carboxylic acids is 1. The lowest BCUT2D eigenvalue weighted by molar-refractivity contribution is -0.116. The lowest BCUT2D eigenvalue weighted by atomic mass is 10.2. The number of carbonyl (C=O) groups is 1. The van der Waals surface area contributed by atoms with Gasteiger partial charge >= 0.3 is 0 Å². The van der Waals surface area contributed by atoms with Gasteiger partial charge in [0.05, 0.1) is 8.07 Å². The molecule has 0 amide bonds. The zero-order chi connectivity index (χ0) is 15.6. The Balaban J connectivity index is 4.28. The van der Waals surface area contributed by atoms with E-state index in [0.29, 0.717) is 18.6 Å². The molecule has 0 bridgehead atoms. The van der Waals surface area contributed by atoms with Crippen LogP contribution in [-0.4, -0.2) is 21.9 Å². The molecule has 0 aliphatic heterocycles. The van der Waals surface area contributed by atoms with Crippen molar-refractivity contribution in [1.82, 2.24) is 0 Å². The molecule has 0 rings (SSSR count). The van der Waals surface area contributed by atoms with Crippen LogP contribution in [0.5, 0.6) is 0 Å². The summed E-state index contributed by atoms with van der Waals surface area (Å²) in [6.07, 6.45) is 1.26. The minimum Gasteiger partial charge on any atom is -0.300 e. The number of hydrogen-bond acceptors (Lipinski definition) is 1. The SMILES string of the molecule is CC[Si](C#CC#CCCC(=O)C[Si](C)(C)C)(CC)CC. The van der Waals surface area contributed by atoms with Crippen molar-refractivity contribution < 1.29 is 4.79 Å². The summed E-state index contributed by atoms with van der Waals surface area (Å²) in [5.74, 6) is 9.40. The molecule has 0 N–H and O–H groups in total. The summed E-state index contributed by atoms with van der Waals surface area (Å²) >= 11 is 0. The standard InChI is InChI=1S/C17H30OSi2/c1-7-20(8-2,9-3)15-13-11-10-12-14-17(18)16-19(4,5)6/h7-9,12,14,16H2,1-6H3. The topological polar surface area (TPSA) is 17.1 Å². The fourth-order valence-corrected chi connectivity index (χ4v) is 5.89. The van der Waals surface area contributed by atoms with Gasteiger partial charge in [0.25, 0.3) is 0 Å². The highest BCUT2D eigenvalue weighted by Gasteiger charge is 2.23. The van der Waals surface area contributed by atoms with E-state index in [9.17, 15) is 4.79 Å². The van der Waals surface area contributed by atoms with Gasteiger partial charge in [0.15, 0.2) is 0 Å². The summed E-state index contributed by atoms with van der Waals surface area (Å²) in [5.41, 5.74) is 3.45. The molecular formula is C17H30OSi2. The summed E-state index contributed by atoms with van der Waals surface area (Å²) < 4.78 is 0. The summed E-state index contributed by atoms with van der Waals surface area (Å²) in [6, 6.07) is 4.41. The van der Waals surface area contributed by atoms with Gasteiger partial charge in [-0.25, -0.2) is 0 Å². The average molecular weight is 307 g/mol. The highest BCUT2D eigenvalue weighted by molar-refractivity contribution is 6.87. The van der Waals surface area contributed by atoms with E-state index in [1.165, 1.54) is 18.1 Å². The second kappa shape index (κ2) is 9.21. The minimum absolute atomic E-state index is 0.367. The third-order valence-electron chi connectivity index (χ3n) is 3.77. The third kappa shape index (κ3) is 8.41. The van der Waals surface area contributed by atoms with Crippen molar-refractivity contribution in [3.05, 3.63) is 0 Å². The van der Waals surface area contributed by atoms with Crippen molar-refractivity contribution in [2.24, 2.45) is 0 Å². The fraction of sp³-hybridized carbons (Fsp3) is 0.706. The largest absolute Gasteiger partial charge is 0.300 e. The van der Waals surface area contributed by atoms with Crippen molar-refractivity contribution in [1.29, 1.82) is 0 Å². The molecular weight excluding hydrogens is 276 g/mol. The monoisotopic (exact) mass is 306 g/mol. The van der Waals surface area contributed by atoms with E-state index in [1.54, 1.807) is 0 Å². The third-order valence-corrected chi connectivity index (χ3v) is 9.94. The predicted octanol–water partition coefficient (Wildman–Crippen LogP) is 4.73. The molecule has 3 heteroatoms. The summed E-state index contributed by atoms with van der Waals surface area (Å²) in [4.78, 5) is 11.7. The van der Waals surface area contributed by atoms with Gasteiger partial charge in [0.1, 0.15) is 13.9 Å². The number of Topliss-reactive ketones (excluding diaryl/α,β-unsaturated/α-hetero) is 1. The molecule has 0 atom stereocenters. The lowest BCUT2D eigenvalue weighted by Gasteiger charge is -2.19. The predicted molar refractivity (Wildman–Crippen MR) is 95.1 cm³/mol. The summed E-state index contributed by atoms with van der Waals surface area (Å²) in [5, 5.41) is 0. The Labute approximate surface area is 128 Å². The van der Waals surface area contributed by atoms with E-state index in [2.05, 4.69) is 63.7 Å². The molecule has 0 unspecified atom stereocenters. The number of ketones is 1. The Kier molecular flexibility index (Phi) is 8.86. The molecule has 0 aromatic carbocycles. The highest BCUT2D eigenvalue weighted by Crippen LogP contribution is 2.18. The Morgan fingerprint density at radius 3 is 1.95 bits per heavy atom. The molecule has 0 aliphatic rings. The molecule has 20 heavy (non-hydrogen) atoms. The van der Waals surface area contributed by atoms with Crippen LogP contribution >= 0.6 is 0 Å². The van der Waals surface area contributed by atoms with Crippen LogP contribution in [0.1, 0.15) is 33.6 Å². The molecule has 0 aromatic rings. The maximum atomic E-state index is 11.7. The minimum atomic E-state index is -1.36. The zero-order valence-corrected chi connectivity index (χ0v) is 16.2. The van der Waals surface area contributed by atoms with Crippen molar-refractivity contribution in [2.75, 3.05) is 0 Å². The van der Waals surface area contributed by atoms with Crippen LogP contribution < -0.4 is 0 Å². The van der Waals surface area contributed by atoms with E-state index in [1.807, 2.05) is 0 Å². The normalized spacial score (nSPS) is 11.1. The summed E-state index contributed by atoms with van der Waals surface area (Å²) in [7, 11) is -2.61. The van der Waals surface area contributed by atoms with Crippen LogP contribution in [0, 0.1) is 23.3 Å². The Hall–Kier alpha value is -0.776. The molecule has 112 valence electrons. The van der Waals surface area contributed by atoms with E-state index in [4.69, 9.17) is 0 Å². The molecule has 0 radical (unpaired) electrons. The van der Waals surface area contributed by atoms with Crippen LogP contribution in [0.2, 0.25) is 43.8 Å². The quantitative estimate of drug-likeness (QED) is 0.491. The Bertz CT molecular complexity index is 412. The van der Waals surface area contributed by atoms with Gasteiger partial charge < -0.3 is 4.79 Å². The maximum absolute atomic E-state index is 11.7. The highest BCUT2D eigenvalue weighted by atomic mass is 28.3. The van der Waals surface area contributed by atoms with Gasteiger partial charge in [0, 0.05) is 18.9 Å². The van der Waals surface area contributed by atoms with Gasteiger partial charge in [-0.1, -0.05) is 46.3 Å². The first-order valence-electron chi connectivity index (χ1n) is 7.80. The van der Waals surface area contributed by atoms with Crippen LogP contribution in [0.4, 0.5) is 0 Å². The second-order valence-corrected chi connectivity index (χ2v) is 17.1. The molecule has 1 nitrogen and oxygen atoms in total. The molecule has 0 aromatic heterocycles. The Morgan fingerprint density at radius 1 is 0.950 bits per heavy atom. The first kappa shape index (κ1) is 19.2. The van der Waals surface area contributed by atoms with Crippen molar-refractivity contribution >= 4 is 21.9 Å². The average Bonchev–Trinajstić information content (AvgIpc) is 2.37. The van der Waals surface area contributed by atoms with Gasteiger partial charge in [-0.05, 0) is 30.0 Å². The van der Waals surface area contributed by atoms with Crippen LogP contribution in [0.15, 0.2) is 0 Å². The van der Waals surface area contributed by atoms with E-state index >= 15 is 0 Å². The van der Waals surface area contributed by atoms with Gasteiger partial charge in [-0.3, -0.25) is 0 Å². The van der Waals surface area contributed by atoms with Crippen molar-refractivity contribution in [3.63, 3.8) is 0 Å². The zero-order valence-electron chi connectivity index (χ0n) is 14.2. The first-order valence-corrected chi connectivity index (χ1v) is 14.1. The molecule has 0 aliphatic carbocycles. The maximum Gasteiger partial charge on any atom is 0.139 e. The van der Waals surface area contributed by atoms with Gasteiger partial charge in [-0.15, -0.1) is 5.54 Å². The van der Waals surface area contributed by atoms with Gasteiger partial charge in [-0.2, -0.15) is 0 Å². The Morgan fingerprint density at radius 2 is 1.50 bits per heavy atom. The van der Waals surface area contributed by atoms with Crippen LogP contribution in [0.25, 0.3) is 0 Å². The van der Waals surface area contributed by atoms with Crippen LogP contribution in [-0.2, 0) is 4.79 Å². The smallest absolute Gasteiger partial charge is 0.139 e. The van der Waals surface area contributed by atoms with Gasteiger partial charge in [0.2, 0.25) is 0 Å². The molecule has 0 saturated heterocycles. The van der Waals surface area contributed by atoms with Crippen molar-refractivity contribution in [3.8, 4) is 23.3 Å². The fourth-order valence-electron chi connectivity index (χ4n) is 2.17. The van der Waals surface area contributed by atoms with E-state index < -0.39 is 16.1 Å². The van der Waals surface area contributed by atoms with E-state index in [-0.39, 0.29) is 0 Å². The summed E-state index contributed by atoms with van der Waals surface area (Å²) in [6.45, 7) is 13.4. The molecule has 0 spiro atoms. The molecule has 0 heterocycles. The number of hydrogen-bond donors (Lipinski definition) is 0. The van der Waals surface area contributed by atoms with Crippen molar-refractivity contribution in [2.45, 2.75) is 77.4 Å². The van der Waals surface area contributed by atoms with Crippen LogP contribution in [0.3, 0.4) is 0 Å². The lowest BCUT2D eigenvalue weighted by Crippen LogP contribution is -2.29. The first-order chi connectivity index (χ1) is 9.28.